The first-order chi connectivity index (χ1) is 11.2. The third-order valence-corrected chi connectivity index (χ3v) is 3.72. The third-order valence-electron chi connectivity index (χ3n) is 3.72. The van der Waals surface area contributed by atoms with E-state index in [2.05, 4.69) is 16.7 Å². The maximum absolute atomic E-state index is 13.1. The van der Waals surface area contributed by atoms with E-state index in [-0.39, 0.29) is 30.8 Å². The van der Waals surface area contributed by atoms with Crippen LogP contribution in [0.1, 0.15) is 20.8 Å². The molecule has 0 unspecified atom stereocenters. The van der Waals surface area contributed by atoms with Crippen molar-refractivity contribution < 1.29 is 14.0 Å². The summed E-state index contributed by atoms with van der Waals surface area (Å²) in [6, 6.07) is 7.67. The zero-order valence-electron chi connectivity index (χ0n) is 14.4. The van der Waals surface area contributed by atoms with Crippen molar-refractivity contribution in [3.05, 3.63) is 30.1 Å². The second kappa shape index (κ2) is 8.41. The van der Waals surface area contributed by atoms with Crippen molar-refractivity contribution in [3.8, 4) is 6.07 Å². The molecule has 2 amide bonds. The Balaban J connectivity index is 2.50. The topological polar surface area (TPSA) is 85.2 Å². The van der Waals surface area contributed by atoms with Gasteiger partial charge in [-0.15, -0.1) is 0 Å². The molecular weight excluding hydrogens is 311 g/mol. The summed E-state index contributed by atoms with van der Waals surface area (Å²) in [5, 5.41) is 14.4. The molecule has 6 nitrogen and oxygen atoms in total. The number of nitriles is 1. The van der Waals surface area contributed by atoms with Crippen molar-refractivity contribution in [2.24, 2.45) is 5.92 Å². The molecule has 1 rings (SSSR count). The lowest BCUT2D eigenvalue weighted by Crippen LogP contribution is -2.51. The first kappa shape index (κ1) is 19.6. The van der Waals surface area contributed by atoms with E-state index in [0.717, 1.165) is 0 Å². The minimum atomic E-state index is -0.957. The molecule has 0 aliphatic rings. The lowest BCUT2D eigenvalue weighted by Gasteiger charge is -2.28. The molecule has 0 aliphatic carbocycles. The van der Waals surface area contributed by atoms with E-state index in [1.807, 2.05) is 13.8 Å². The smallest absolute Gasteiger partial charge is 0.238 e. The van der Waals surface area contributed by atoms with Gasteiger partial charge in [-0.25, -0.2) is 4.39 Å². The Morgan fingerprint density at radius 1 is 1.33 bits per heavy atom. The molecule has 1 aromatic carbocycles. The van der Waals surface area contributed by atoms with Crippen LogP contribution < -0.4 is 10.6 Å². The first-order valence-corrected chi connectivity index (χ1v) is 7.62. The van der Waals surface area contributed by atoms with Crippen molar-refractivity contribution in [3.63, 3.8) is 0 Å². The number of likely N-dealkylation sites (N-methyl/N-ethyl adjacent to an activating group) is 1. The highest BCUT2D eigenvalue weighted by molar-refractivity contribution is 5.92. The van der Waals surface area contributed by atoms with Crippen LogP contribution in [-0.2, 0) is 9.59 Å². The van der Waals surface area contributed by atoms with Gasteiger partial charge in [-0.05, 0) is 38.1 Å². The average molecular weight is 334 g/mol. The summed E-state index contributed by atoms with van der Waals surface area (Å²) in [7, 11) is 1.61. The summed E-state index contributed by atoms with van der Waals surface area (Å²) < 4.78 is 13.1. The predicted molar refractivity (Wildman–Crippen MR) is 89.5 cm³/mol. The van der Waals surface area contributed by atoms with Crippen LogP contribution in [0.15, 0.2) is 24.3 Å². The summed E-state index contributed by atoms with van der Waals surface area (Å²) in [5.74, 6) is -1.19. The number of nitrogens with one attached hydrogen (secondary N) is 2. The standard InChI is InChI=1S/C17H23FN4O2/c1-12(2)17(3,11-19)21-16(24)10-22(4)9-15(23)20-14-7-5-6-13(18)8-14/h5-8,12H,9-10H2,1-4H3,(H,20,23)(H,21,24)/t17-/m0/s1. The van der Waals surface area contributed by atoms with Crippen LogP contribution >= 0.6 is 0 Å². The molecule has 1 atom stereocenters. The van der Waals surface area contributed by atoms with Crippen molar-refractivity contribution in [1.82, 2.24) is 10.2 Å². The third kappa shape index (κ3) is 5.97. The quantitative estimate of drug-likeness (QED) is 0.795. The van der Waals surface area contributed by atoms with Gasteiger partial charge in [0.2, 0.25) is 11.8 Å². The van der Waals surface area contributed by atoms with Gasteiger partial charge >= 0.3 is 0 Å². The molecule has 130 valence electrons. The Kier molecular flexibility index (Phi) is 6.86. The van der Waals surface area contributed by atoms with Gasteiger partial charge in [-0.3, -0.25) is 14.5 Å². The molecule has 0 radical (unpaired) electrons. The SMILES string of the molecule is CC(C)[C@](C)(C#N)NC(=O)CN(C)CC(=O)Nc1cccc(F)c1. The fourth-order valence-electron chi connectivity index (χ4n) is 1.94. The van der Waals surface area contributed by atoms with E-state index >= 15 is 0 Å². The fraction of sp³-hybridized carbons (Fsp3) is 0.471. The normalized spacial score (nSPS) is 13.2. The van der Waals surface area contributed by atoms with Crippen LogP contribution in [0.3, 0.4) is 0 Å². The molecule has 0 bridgehead atoms. The number of benzene rings is 1. The predicted octanol–water partition coefficient (Wildman–Crippen LogP) is 1.75. The first-order valence-electron chi connectivity index (χ1n) is 7.62. The van der Waals surface area contributed by atoms with Crippen molar-refractivity contribution in [1.29, 1.82) is 5.26 Å². The van der Waals surface area contributed by atoms with Crippen LogP contribution in [0.2, 0.25) is 0 Å². The van der Waals surface area contributed by atoms with Gasteiger partial charge in [-0.2, -0.15) is 5.26 Å². The number of amides is 2. The average Bonchev–Trinajstić information content (AvgIpc) is 2.46. The number of carbonyl (C=O) groups excluding carboxylic acids is 2. The highest BCUT2D eigenvalue weighted by Crippen LogP contribution is 2.14. The van der Waals surface area contributed by atoms with Crippen molar-refractivity contribution in [2.75, 3.05) is 25.5 Å². The second-order valence-corrected chi connectivity index (χ2v) is 6.25. The van der Waals surface area contributed by atoms with Gasteiger partial charge in [-0.1, -0.05) is 19.9 Å². The fourth-order valence-corrected chi connectivity index (χ4v) is 1.94. The van der Waals surface area contributed by atoms with Gasteiger partial charge in [0.1, 0.15) is 11.4 Å². The summed E-state index contributed by atoms with van der Waals surface area (Å²) >= 11 is 0. The highest BCUT2D eigenvalue weighted by Gasteiger charge is 2.30. The molecule has 0 saturated carbocycles. The summed E-state index contributed by atoms with van der Waals surface area (Å²) in [6.07, 6.45) is 0. The zero-order valence-corrected chi connectivity index (χ0v) is 14.4. The van der Waals surface area contributed by atoms with Crippen molar-refractivity contribution >= 4 is 17.5 Å². The van der Waals surface area contributed by atoms with Crippen LogP contribution in [0.4, 0.5) is 10.1 Å². The number of hydrogen-bond donors (Lipinski definition) is 2. The van der Waals surface area contributed by atoms with Crippen molar-refractivity contribution in [2.45, 2.75) is 26.3 Å². The molecule has 0 spiro atoms. The highest BCUT2D eigenvalue weighted by atomic mass is 19.1. The van der Waals surface area contributed by atoms with E-state index in [4.69, 9.17) is 0 Å². The molecule has 0 fully saturated rings. The lowest BCUT2D eigenvalue weighted by molar-refractivity contribution is -0.124. The number of nitrogens with zero attached hydrogens (tertiary/aromatic N) is 2. The van der Waals surface area contributed by atoms with Crippen LogP contribution in [0.5, 0.6) is 0 Å². The van der Waals surface area contributed by atoms with Gasteiger partial charge in [0, 0.05) is 5.69 Å². The zero-order chi connectivity index (χ0) is 18.3. The minimum absolute atomic E-state index is 0.0272. The number of anilines is 1. The molecule has 0 aromatic heterocycles. The summed E-state index contributed by atoms with van der Waals surface area (Å²) in [6.45, 7) is 5.29. The maximum Gasteiger partial charge on any atom is 0.238 e. The molecule has 24 heavy (non-hydrogen) atoms. The Morgan fingerprint density at radius 3 is 2.50 bits per heavy atom. The summed E-state index contributed by atoms with van der Waals surface area (Å²) in [5.41, 5.74) is -0.600. The molecule has 0 aliphatic heterocycles. The monoisotopic (exact) mass is 334 g/mol. The Hall–Kier alpha value is -2.46. The van der Waals surface area contributed by atoms with E-state index < -0.39 is 11.4 Å². The molecular formula is C17H23FN4O2. The van der Waals surface area contributed by atoms with E-state index in [1.54, 1.807) is 20.0 Å². The molecule has 2 N–H and O–H groups in total. The summed E-state index contributed by atoms with van der Waals surface area (Å²) in [4.78, 5) is 25.5. The number of carbonyl (C=O) groups is 2. The Bertz CT molecular complexity index is 642. The number of hydrogen-bond acceptors (Lipinski definition) is 4. The van der Waals surface area contributed by atoms with Gasteiger partial charge in [0.05, 0.1) is 19.2 Å². The largest absolute Gasteiger partial charge is 0.337 e. The molecule has 7 heteroatoms. The van der Waals surface area contributed by atoms with Crippen LogP contribution in [0, 0.1) is 23.1 Å². The van der Waals surface area contributed by atoms with E-state index in [0.29, 0.717) is 5.69 Å². The lowest BCUT2D eigenvalue weighted by atomic mass is 9.90. The van der Waals surface area contributed by atoms with E-state index in [9.17, 15) is 19.2 Å². The Morgan fingerprint density at radius 2 is 1.96 bits per heavy atom. The molecule has 0 saturated heterocycles. The molecule has 1 aromatic rings. The Labute approximate surface area is 141 Å². The van der Waals surface area contributed by atoms with Crippen LogP contribution in [-0.4, -0.2) is 42.4 Å². The maximum atomic E-state index is 13.1. The number of rotatable bonds is 7. The van der Waals surface area contributed by atoms with Gasteiger partial charge in [0.25, 0.3) is 0 Å². The minimum Gasteiger partial charge on any atom is -0.337 e. The van der Waals surface area contributed by atoms with Crippen LogP contribution in [0.25, 0.3) is 0 Å². The number of halogens is 1. The van der Waals surface area contributed by atoms with Gasteiger partial charge < -0.3 is 10.6 Å². The molecule has 0 heterocycles. The van der Waals surface area contributed by atoms with Gasteiger partial charge in [0.15, 0.2) is 0 Å². The van der Waals surface area contributed by atoms with E-state index in [1.165, 1.54) is 23.1 Å². The second-order valence-electron chi connectivity index (χ2n) is 6.25.